The van der Waals surface area contributed by atoms with E-state index >= 15 is 0 Å². The molecular formula is C21H33N3O3. The van der Waals surface area contributed by atoms with Gasteiger partial charge in [0.15, 0.2) is 0 Å². The summed E-state index contributed by atoms with van der Waals surface area (Å²) in [7, 11) is 0. The smallest absolute Gasteiger partial charge is 0.226 e. The molecule has 1 unspecified atom stereocenters. The lowest BCUT2D eigenvalue weighted by molar-refractivity contribution is -0.136. The van der Waals surface area contributed by atoms with Crippen molar-refractivity contribution in [1.29, 1.82) is 0 Å². The Balaban J connectivity index is 1.83. The molecule has 27 heavy (non-hydrogen) atoms. The Morgan fingerprint density at radius 1 is 1.26 bits per heavy atom. The normalized spacial score (nSPS) is 17.4. The van der Waals surface area contributed by atoms with Gasteiger partial charge >= 0.3 is 0 Å². The molecule has 1 fully saturated rings. The first-order valence-electron chi connectivity index (χ1n) is 10.0. The van der Waals surface area contributed by atoms with Crippen molar-refractivity contribution in [2.24, 2.45) is 11.7 Å². The van der Waals surface area contributed by atoms with Crippen LogP contribution in [0.1, 0.15) is 46.0 Å². The molecule has 150 valence electrons. The van der Waals surface area contributed by atoms with Crippen LogP contribution < -0.4 is 15.8 Å². The molecular weight excluding hydrogens is 342 g/mol. The number of likely N-dealkylation sites (tertiary alicyclic amines) is 1. The predicted octanol–water partition coefficient (Wildman–Crippen LogP) is 2.33. The number of benzene rings is 1. The summed E-state index contributed by atoms with van der Waals surface area (Å²) >= 11 is 0. The number of nitrogens with one attached hydrogen (secondary N) is 1. The average molecular weight is 376 g/mol. The molecule has 0 bridgehead atoms. The minimum absolute atomic E-state index is 0.0159. The Morgan fingerprint density at radius 2 is 1.96 bits per heavy atom. The van der Waals surface area contributed by atoms with Crippen molar-refractivity contribution >= 4 is 11.8 Å². The molecule has 2 amide bonds. The van der Waals surface area contributed by atoms with Gasteiger partial charge in [-0.05, 0) is 37.8 Å². The summed E-state index contributed by atoms with van der Waals surface area (Å²) in [6.45, 7) is 6.04. The van der Waals surface area contributed by atoms with Crippen molar-refractivity contribution in [2.75, 3.05) is 26.2 Å². The van der Waals surface area contributed by atoms with Crippen LogP contribution in [0.5, 0.6) is 5.75 Å². The van der Waals surface area contributed by atoms with Gasteiger partial charge < -0.3 is 20.7 Å². The molecule has 2 rings (SSSR count). The Labute approximate surface area is 162 Å². The number of hydrogen-bond acceptors (Lipinski definition) is 4. The van der Waals surface area contributed by atoms with Crippen LogP contribution in [0.3, 0.4) is 0 Å². The van der Waals surface area contributed by atoms with E-state index in [1.54, 1.807) is 4.90 Å². The highest BCUT2D eigenvalue weighted by Crippen LogP contribution is 2.21. The van der Waals surface area contributed by atoms with E-state index in [4.69, 9.17) is 10.5 Å². The molecule has 1 aromatic carbocycles. The number of piperidine rings is 1. The zero-order valence-electron chi connectivity index (χ0n) is 16.6. The van der Waals surface area contributed by atoms with Crippen LogP contribution in [0.4, 0.5) is 0 Å². The van der Waals surface area contributed by atoms with Crippen LogP contribution in [0.25, 0.3) is 0 Å². The molecule has 1 aromatic rings. The van der Waals surface area contributed by atoms with E-state index in [-0.39, 0.29) is 23.3 Å². The Hall–Kier alpha value is -2.08. The van der Waals surface area contributed by atoms with E-state index in [1.165, 1.54) is 0 Å². The summed E-state index contributed by atoms with van der Waals surface area (Å²) in [5.41, 5.74) is 5.55. The topological polar surface area (TPSA) is 84.7 Å². The summed E-state index contributed by atoms with van der Waals surface area (Å²) in [4.78, 5) is 27.0. The number of amides is 2. The number of rotatable bonds is 9. The maximum Gasteiger partial charge on any atom is 0.226 e. The number of para-hydroxylation sites is 1. The summed E-state index contributed by atoms with van der Waals surface area (Å²) in [5, 5.41) is 3.15. The lowest BCUT2D eigenvalue weighted by atomic mass is 9.90. The highest BCUT2D eigenvalue weighted by Gasteiger charge is 2.33. The van der Waals surface area contributed by atoms with Gasteiger partial charge in [0.1, 0.15) is 5.75 Å². The van der Waals surface area contributed by atoms with E-state index in [1.807, 2.05) is 44.2 Å². The standard InChI is InChI=1S/C21H33N3O3/c1-3-21(4-2,16-22)23-20(26)17-9-8-13-24(15-17)19(25)12-14-27-18-10-6-5-7-11-18/h5-7,10-11,17H,3-4,8-9,12-16,22H2,1-2H3,(H,23,26). The second-order valence-electron chi connectivity index (χ2n) is 7.27. The van der Waals surface area contributed by atoms with Gasteiger partial charge in [0, 0.05) is 19.6 Å². The average Bonchev–Trinajstić information content (AvgIpc) is 2.73. The Bertz CT molecular complexity index is 594. The third-order valence-corrected chi connectivity index (χ3v) is 5.61. The van der Waals surface area contributed by atoms with Gasteiger partial charge in [0.05, 0.1) is 24.5 Å². The van der Waals surface area contributed by atoms with Gasteiger partial charge in [-0.2, -0.15) is 0 Å². The summed E-state index contributed by atoms with van der Waals surface area (Å²) in [6.07, 6.45) is 3.58. The van der Waals surface area contributed by atoms with Crippen molar-refractivity contribution in [2.45, 2.75) is 51.5 Å². The van der Waals surface area contributed by atoms with Crippen molar-refractivity contribution in [3.63, 3.8) is 0 Å². The van der Waals surface area contributed by atoms with Crippen LogP contribution >= 0.6 is 0 Å². The van der Waals surface area contributed by atoms with Gasteiger partial charge in [-0.1, -0.05) is 32.0 Å². The fraction of sp³-hybridized carbons (Fsp3) is 0.619. The zero-order valence-corrected chi connectivity index (χ0v) is 16.6. The van der Waals surface area contributed by atoms with Crippen molar-refractivity contribution in [1.82, 2.24) is 10.2 Å². The van der Waals surface area contributed by atoms with Crippen LogP contribution in [0, 0.1) is 5.92 Å². The van der Waals surface area contributed by atoms with E-state index in [2.05, 4.69) is 5.32 Å². The largest absolute Gasteiger partial charge is 0.493 e. The lowest BCUT2D eigenvalue weighted by Crippen LogP contribution is -2.56. The minimum atomic E-state index is -0.340. The minimum Gasteiger partial charge on any atom is -0.493 e. The molecule has 1 heterocycles. The van der Waals surface area contributed by atoms with E-state index in [0.29, 0.717) is 32.7 Å². The molecule has 1 atom stereocenters. The third-order valence-electron chi connectivity index (χ3n) is 5.61. The number of nitrogens with two attached hydrogens (primary N) is 1. The number of carbonyl (C=O) groups is 2. The molecule has 0 aromatic heterocycles. The first-order valence-corrected chi connectivity index (χ1v) is 10.0. The predicted molar refractivity (Wildman–Crippen MR) is 106 cm³/mol. The Kier molecular flexibility index (Phi) is 8.10. The number of ether oxygens (including phenoxy) is 1. The molecule has 6 heteroatoms. The molecule has 6 nitrogen and oxygen atoms in total. The van der Waals surface area contributed by atoms with Gasteiger partial charge in [0.2, 0.25) is 11.8 Å². The van der Waals surface area contributed by atoms with Gasteiger partial charge in [-0.15, -0.1) is 0 Å². The van der Waals surface area contributed by atoms with Gasteiger partial charge in [0.25, 0.3) is 0 Å². The van der Waals surface area contributed by atoms with Gasteiger partial charge in [-0.25, -0.2) is 0 Å². The summed E-state index contributed by atoms with van der Waals surface area (Å²) in [5.74, 6) is 0.655. The highest BCUT2D eigenvalue weighted by molar-refractivity contribution is 5.82. The van der Waals surface area contributed by atoms with Crippen molar-refractivity contribution < 1.29 is 14.3 Å². The molecule has 1 aliphatic rings. The fourth-order valence-electron chi connectivity index (χ4n) is 3.48. The number of hydrogen-bond donors (Lipinski definition) is 2. The molecule has 0 aliphatic carbocycles. The van der Waals surface area contributed by atoms with E-state index in [9.17, 15) is 9.59 Å². The SMILES string of the molecule is CCC(CC)(CN)NC(=O)C1CCCN(C(=O)CCOc2ccccc2)C1. The number of nitrogens with zero attached hydrogens (tertiary/aromatic N) is 1. The molecule has 0 saturated carbocycles. The lowest BCUT2D eigenvalue weighted by Gasteiger charge is -2.36. The quantitative estimate of drug-likeness (QED) is 0.694. The zero-order chi connectivity index (χ0) is 19.7. The summed E-state index contributed by atoms with van der Waals surface area (Å²) in [6, 6.07) is 9.47. The van der Waals surface area contributed by atoms with E-state index < -0.39 is 0 Å². The third kappa shape index (κ3) is 5.96. The first-order chi connectivity index (χ1) is 13.0. The molecule has 1 aliphatic heterocycles. The first kappa shape index (κ1) is 21.2. The molecule has 0 spiro atoms. The van der Waals surface area contributed by atoms with Gasteiger partial charge in [-0.3, -0.25) is 9.59 Å². The Morgan fingerprint density at radius 3 is 2.59 bits per heavy atom. The van der Waals surface area contributed by atoms with Crippen molar-refractivity contribution in [3.8, 4) is 5.75 Å². The molecule has 3 N–H and O–H groups in total. The highest BCUT2D eigenvalue weighted by atomic mass is 16.5. The van der Waals surface area contributed by atoms with Crippen molar-refractivity contribution in [3.05, 3.63) is 30.3 Å². The summed E-state index contributed by atoms with van der Waals surface area (Å²) < 4.78 is 5.61. The monoisotopic (exact) mass is 375 g/mol. The fourth-order valence-corrected chi connectivity index (χ4v) is 3.48. The van der Waals surface area contributed by atoms with Crippen LogP contribution in [-0.2, 0) is 9.59 Å². The maximum absolute atomic E-state index is 12.7. The van der Waals surface area contributed by atoms with Crippen LogP contribution in [0.15, 0.2) is 30.3 Å². The molecule has 1 saturated heterocycles. The second kappa shape index (κ2) is 10.3. The van der Waals surface area contributed by atoms with E-state index in [0.717, 1.165) is 31.4 Å². The van der Waals surface area contributed by atoms with Crippen LogP contribution in [0.2, 0.25) is 0 Å². The number of carbonyl (C=O) groups excluding carboxylic acids is 2. The second-order valence-corrected chi connectivity index (χ2v) is 7.27. The van der Waals surface area contributed by atoms with Crippen LogP contribution in [-0.4, -0.2) is 48.5 Å². The maximum atomic E-state index is 12.7. The molecule has 0 radical (unpaired) electrons.